The lowest BCUT2D eigenvalue weighted by Gasteiger charge is -2.24. The van der Waals surface area contributed by atoms with Gasteiger partial charge in [-0.05, 0) is 31.5 Å². The van der Waals surface area contributed by atoms with Crippen molar-refractivity contribution < 1.29 is 9.90 Å². The quantitative estimate of drug-likeness (QED) is 0.881. The highest BCUT2D eigenvalue weighted by atomic mass is 16.4. The molecule has 0 saturated carbocycles. The van der Waals surface area contributed by atoms with Crippen LogP contribution in [-0.4, -0.2) is 28.1 Å². The normalized spacial score (nSPS) is 22.7. The molecule has 1 unspecified atom stereocenters. The van der Waals surface area contributed by atoms with Gasteiger partial charge >= 0.3 is 5.97 Å². The van der Waals surface area contributed by atoms with E-state index < -0.39 is 11.5 Å². The lowest BCUT2D eigenvalue weighted by atomic mass is 9.91. The topological polar surface area (TPSA) is 62.2 Å². The molecule has 3 rings (SSSR count). The van der Waals surface area contributed by atoms with Gasteiger partial charge in [0.2, 0.25) is 0 Å². The third kappa shape index (κ3) is 2.19. The summed E-state index contributed by atoms with van der Waals surface area (Å²) in [4.78, 5) is 16.1. The van der Waals surface area contributed by atoms with Gasteiger partial charge in [0.05, 0.1) is 5.52 Å². The largest absolute Gasteiger partial charge is 0.480 e. The van der Waals surface area contributed by atoms with Gasteiger partial charge in [-0.1, -0.05) is 24.3 Å². The summed E-state index contributed by atoms with van der Waals surface area (Å²) in [6.45, 7) is 0.764. The van der Waals surface area contributed by atoms with Crippen molar-refractivity contribution in [3.05, 3.63) is 42.1 Å². The first-order valence-corrected chi connectivity index (χ1v) is 6.53. The molecular formula is C15H16N2O2. The van der Waals surface area contributed by atoms with Gasteiger partial charge < -0.3 is 10.4 Å². The van der Waals surface area contributed by atoms with E-state index in [1.807, 2.05) is 36.4 Å². The summed E-state index contributed by atoms with van der Waals surface area (Å²) in [5.41, 5.74) is 0.907. The number of carboxylic acids is 1. The van der Waals surface area contributed by atoms with Crippen molar-refractivity contribution in [2.24, 2.45) is 0 Å². The molecule has 0 amide bonds. The Balaban J connectivity index is 1.94. The molecule has 1 saturated heterocycles. The second-order valence-corrected chi connectivity index (χ2v) is 5.09. The van der Waals surface area contributed by atoms with Crippen LogP contribution < -0.4 is 5.32 Å². The Morgan fingerprint density at radius 2 is 2.16 bits per heavy atom. The molecule has 1 aromatic heterocycles. The monoisotopic (exact) mass is 256 g/mol. The summed E-state index contributed by atoms with van der Waals surface area (Å²) >= 11 is 0. The number of rotatable bonds is 3. The fourth-order valence-electron chi connectivity index (χ4n) is 2.73. The Morgan fingerprint density at radius 3 is 2.89 bits per heavy atom. The van der Waals surface area contributed by atoms with Crippen molar-refractivity contribution in [1.82, 2.24) is 10.3 Å². The molecule has 2 N–H and O–H groups in total. The zero-order valence-corrected chi connectivity index (χ0v) is 10.6. The van der Waals surface area contributed by atoms with Crippen LogP contribution in [0.2, 0.25) is 0 Å². The molecule has 0 radical (unpaired) electrons. The molecule has 0 bridgehead atoms. The van der Waals surface area contributed by atoms with Crippen molar-refractivity contribution in [3.63, 3.8) is 0 Å². The van der Waals surface area contributed by atoms with Gasteiger partial charge in [-0.25, -0.2) is 0 Å². The van der Waals surface area contributed by atoms with Crippen LogP contribution >= 0.6 is 0 Å². The molecule has 4 heteroatoms. The molecule has 1 atom stereocenters. The lowest BCUT2D eigenvalue weighted by Crippen LogP contribution is -2.49. The first-order chi connectivity index (χ1) is 9.20. The van der Waals surface area contributed by atoms with Gasteiger partial charge in [0.15, 0.2) is 0 Å². The molecule has 98 valence electrons. The Kier molecular flexibility index (Phi) is 2.95. The average Bonchev–Trinajstić information content (AvgIpc) is 2.88. The van der Waals surface area contributed by atoms with E-state index in [0.717, 1.165) is 29.6 Å². The van der Waals surface area contributed by atoms with Gasteiger partial charge in [0.1, 0.15) is 5.54 Å². The number of aromatic nitrogens is 1. The van der Waals surface area contributed by atoms with Gasteiger partial charge in [-0.15, -0.1) is 0 Å². The Morgan fingerprint density at radius 1 is 1.32 bits per heavy atom. The minimum Gasteiger partial charge on any atom is -0.480 e. The molecule has 1 aliphatic rings. The van der Waals surface area contributed by atoms with E-state index in [-0.39, 0.29) is 0 Å². The number of fused-ring (bicyclic) bond motifs is 1. The van der Waals surface area contributed by atoms with Crippen molar-refractivity contribution in [2.75, 3.05) is 6.54 Å². The third-order valence-electron chi connectivity index (χ3n) is 3.79. The number of hydrogen-bond donors (Lipinski definition) is 2. The van der Waals surface area contributed by atoms with E-state index in [4.69, 9.17) is 0 Å². The average molecular weight is 256 g/mol. The molecule has 0 spiro atoms. The SMILES string of the molecule is O=C(O)C1(Cc2ccc3ccccc3n2)CCCN1. The molecule has 1 aromatic carbocycles. The first-order valence-electron chi connectivity index (χ1n) is 6.53. The predicted molar refractivity (Wildman–Crippen MR) is 73.1 cm³/mol. The third-order valence-corrected chi connectivity index (χ3v) is 3.79. The zero-order valence-electron chi connectivity index (χ0n) is 10.6. The fraction of sp³-hybridized carbons (Fsp3) is 0.333. The van der Waals surface area contributed by atoms with Crippen LogP contribution in [0.25, 0.3) is 10.9 Å². The molecule has 2 heterocycles. The number of para-hydroxylation sites is 1. The Bertz CT molecular complexity index is 618. The molecule has 1 aliphatic heterocycles. The molecule has 1 fully saturated rings. The lowest BCUT2D eigenvalue weighted by molar-refractivity contribution is -0.144. The number of pyridine rings is 1. The summed E-state index contributed by atoms with van der Waals surface area (Å²) in [5, 5.41) is 13.7. The Hall–Kier alpha value is -1.94. The smallest absolute Gasteiger partial charge is 0.324 e. The van der Waals surface area contributed by atoms with Crippen LogP contribution in [0.4, 0.5) is 0 Å². The maximum atomic E-state index is 11.5. The van der Waals surface area contributed by atoms with Crippen molar-refractivity contribution in [2.45, 2.75) is 24.8 Å². The second kappa shape index (κ2) is 4.63. The van der Waals surface area contributed by atoms with Crippen molar-refractivity contribution >= 4 is 16.9 Å². The minimum atomic E-state index is -0.838. The van der Waals surface area contributed by atoms with E-state index in [0.29, 0.717) is 12.8 Å². The molecule has 2 aromatic rings. The number of benzene rings is 1. The summed E-state index contributed by atoms with van der Waals surface area (Å²) in [6.07, 6.45) is 2.00. The number of hydrogen-bond acceptors (Lipinski definition) is 3. The number of aliphatic carboxylic acids is 1. The first kappa shape index (κ1) is 12.1. The van der Waals surface area contributed by atoms with E-state index in [2.05, 4.69) is 10.3 Å². The Labute approximate surface area is 111 Å². The summed E-state index contributed by atoms with van der Waals surface area (Å²) in [5.74, 6) is -0.778. The minimum absolute atomic E-state index is 0.438. The maximum absolute atomic E-state index is 11.5. The zero-order chi connectivity index (χ0) is 13.3. The molecule has 4 nitrogen and oxygen atoms in total. The van der Waals surface area contributed by atoms with E-state index in [1.165, 1.54) is 0 Å². The van der Waals surface area contributed by atoms with Gasteiger partial charge in [0.25, 0.3) is 0 Å². The van der Waals surface area contributed by atoms with Gasteiger partial charge in [0, 0.05) is 17.5 Å². The number of nitrogens with zero attached hydrogens (tertiary/aromatic N) is 1. The molecule has 19 heavy (non-hydrogen) atoms. The molecular weight excluding hydrogens is 240 g/mol. The van der Waals surface area contributed by atoms with Crippen LogP contribution in [0.15, 0.2) is 36.4 Å². The van der Waals surface area contributed by atoms with Crippen LogP contribution in [0.1, 0.15) is 18.5 Å². The van der Waals surface area contributed by atoms with E-state index in [1.54, 1.807) is 0 Å². The highest BCUT2D eigenvalue weighted by Gasteiger charge is 2.41. The summed E-state index contributed by atoms with van der Waals surface area (Å²) < 4.78 is 0. The van der Waals surface area contributed by atoms with E-state index >= 15 is 0 Å². The van der Waals surface area contributed by atoms with Crippen LogP contribution in [0.3, 0.4) is 0 Å². The highest BCUT2D eigenvalue weighted by molar-refractivity contribution is 5.81. The summed E-state index contributed by atoms with van der Waals surface area (Å²) in [6, 6.07) is 11.8. The van der Waals surface area contributed by atoms with Crippen molar-refractivity contribution in [1.29, 1.82) is 0 Å². The van der Waals surface area contributed by atoms with Crippen LogP contribution in [0, 0.1) is 0 Å². The number of carbonyl (C=O) groups is 1. The predicted octanol–water partition coefficient (Wildman–Crippen LogP) is 1.98. The fourth-order valence-corrected chi connectivity index (χ4v) is 2.73. The maximum Gasteiger partial charge on any atom is 0.324 e. The van der Waals surface area contributed by atoms with Crippen LogP contribution in [0.5, 0.6) is 0 Å². The summed E-state index contributed by atoms with van der Waals surface area (Å²) in [7, 11) is 0. The van der Waals surface area contributed by atoms with Gasteiger partial charge in [-0.3, -0.25) is 9.78 Å². The van der Waals surface area contributed by atoms with E-state index in [9.17, 15) is 9.90 Å². The standard InChI is InChI=1S/C15H16N2O2/c18-14(19)15(8-3-9-16-15)10-12-7-6-11-4-1-2-5-13(11)17-12/h1-2,4-7,16H,3,8-10H2,(H,18,19). The van der Waals surface area contributed by atoms with Gasteiger partial charge in [-0.2, -0.15) is 0 Å². The van der Waals surface area contributed by atoms with Crippen molar-refractivity contribution in [3.8, 4) is 0 Å². The number of nitrogens with one attached hydrogen (secondary N) is 1. The number of carboxylic acid groups (broad SMARTS) is 1. The second-order valence-electron chi connectivity index (χ2n) is 5.09. The highest BCUT2D eigenvalue weighted by Crippen LogP contribution is 2.24. The molecule has 0 aliphatic carbocycles. The van der Waals surface area contributed by atoms with Crippen LogP contribution in [-0.2, 0) is 11.2 Å².